The van der Waals surface area contributed by atoms with E-state index in [-0.39, 0.29) is 11.2 Å². The fourth-order valence-electron chi connectivity index (χ4n) is 2.28. The lowest BCUT2D eigenvalue weighted by Crippen LogP contribution is -2.38. The van der Waals surface area contributed by atoms with Gasteiger partial charge in [-0.3, -0.25) is 0 Å². The van der Waals surface area contributed by atoms with Gasteiger partial charge in [-0.15, -0.1) is 11.6 Å². The van der Waals surface area contributed by atoms with Crippen LogP contribution in [-0.2, 0) is 6.54 Å². The molecule has 0 heterocycles. The summed E-state index contributed by atoms with van der Waals surface area (Å²) in [7, 11) is 0. The smallest absolute Gasteiger partial charge is 0.124 e. The average Bonchev–Trinajstić information content (AvgIpc) is 2.27. The van der Waals surface area contributed by atoms with Crippen LogP contribution < -0.4 is 5.32 Å². The molecule has 1 aromatic carbocycles. The Hall–Kier alpha value is -0.120. The van der Waals surface area contributed by atoms with Crippen molar-refractivity contribution in [2.24, 2.45) is 0 Å². The van der Waals surface area contributed by atoms with E-state index in [1.807, 2.05) is 6.07 Å². The fourth-order valence-corrected chi connectivity index (χ4v) is 3.16. The first-order chi connectivity index (χ1) is 8.15. The number of rotatable bonds is 3. The SMILES string of the molecule is Fc1cc(Br)cc(CNC2CCCCC2Cl)c1. The van der Waals surface area contributed by atoms with E-state index >= 15 is 0 Å². The Balaban J connectivity index is 1.92. The molecule has 1 nitrogen and oxygen atoms in total. The van der Waals surface area contributed by atoms with Crippen LogP contribution in [0.3, 0.4) is 0 Å². The molecule has 94 valence electrons. The number of alkyl halides is 1. The zero-order valence-electron chi connectivity index (χ0n) is 9.56. The second-order valence-corrected chi connectivity index (χ2v) is 6.04. The Bertz CT molecular complexity index is 365. The third kappa shape index (κ3) is 3.94. The van der Waals surface area contributed by atoms with Crippen LogP contribution in [0.1, 0.15) is 31.2 Å². The largest absolute Gasteiger partial charge is 0.308 e. The van der Waals surface area contributed by atoms with Crippen LogP contribution in [0.4, 0.5) is 4.39 Å². The molecule has 2 atom stereocenters. The van der Waals surface area contributed by atoms with E-state index in [4.69, 9.17) is 11.6 Å². The highest BCUT2D eigenvalue weighted by molar-refractivity contribution is 9.10. The summed E-state index contributed by atoms with van der Waals surface area (Å²) in [6.45, 7) is 0.671. The van der Waals surface area contributed by atoms with E-state index in [1.54, 1.807) is 6.07 Å². The highest BCUT2D eigenvalue weighted by atomic mass is 79.9. The minimum atomic E-state index is -0.206. The van der Waals surface area contributed by atoms with Gasteiger partial charge >= 0.3 is 0 Å². The highest BCUT2D eigenvalue weighted by Gasteiger charge is 2.22. The molecular formula is C13H16BrClFN. The van der Waals surface area contributed by atoms with Gasteiger partial charge < -0.3 is 5.32 Å². The molecule has 1 N–H and O–H groups in total. The van der Waals surface area contributed by atoms with Crippen molar-refractivity contribution in [2.45, 2.75) is 43.6 Å². The summed E-state index contributed by atoms with van der Waals surface area (Å²) in [6, 6.07) is 5.31. The van der Waals surface area contributed by atoms with Crippen molar-refractivity contribution < 1.29 is 4.39 Å². The Morgan fingerprint density at radius 3 is 2.76 bits per heavy atom. The molecule has 1 aliphatic carbocycles. The molecule has 0 aromatic heterocycles. The van der Waals surface area contributed by atoms with Crippen LogP contribution in [-0.4, -0.2) is 11.4 Å². The van der Waals surface area contributed by atoms with Crippen molar-refractivity contribution in [2.75, 3.05) is 0 Å². The molecule has 4 heteroatoms. The van der Waals surface area contributed by atoms with Crippen LogP contribution >= 0.6 is 27.5 Å². The summed E-state index contributed by atoms with van der Waals surface area (Å²) in [4.78, 5) is 0. The summed E-state index contributed by atoms with van der Waals surface area (Å²) in [5.41, 5.74) is 0.950. The molecule has 1 aliphatic rings. The zero-order valence-corrected chi connectivity index (χ0v) is 11.9. The molecule has 1 saturated carbocycles. The minimum Gasteiger partial charge on any atom is -0.308 e. The van der Waals surface area contributed by atoms with Crippen molar-refractivity contribution in [3.8, 4) is 0 Å². The number of halogens is 3. The van der Waals surface area contributed by atoms with Crippen LogP contribution in [0.2, 0.25) is 0 Å². The average molecular weight is 321 g/mol. The van der Waals surface area contributed by atoms with E-state index < -0.39 is 0 Å². The standard InChI is InChI=1S/C13H16BrClFN/c14-10-5-9(6-11(16)7-10)8-17-13-4-2-1-3-12(13)15/h5-7,12-13,17H,1-4,8H2. The van der Waals surface area contributed by atoms with Crippen LogP contribution in [0.25, 0.3) is 0 Å². The molecular weight excluding hydrogens is 305 g/mol. The molecule has 0 spiro atoms. The molecule has 1 aromatic rings. The zero-order chi connectivity index (χ0) is 12.3. The first kappa shape index (κ1) is 13.3. The number of benzene rings is 1. The third-order valence-electron chi connectivity index (χ3n) is 3.17. The molecule has 0 amide bonds. The fraction of sp³-hybridized carbons (Fsp3) is 0.538. The summed E-state index contributed by atoms with van der Waals surface area (Å²) in [5, 5.41) is 3.63. The lowest BCUT2D eigenvalue weighted by Gasteiger charge is -2.28. The Labute approximate surface area is 115 Å². The predicted molar refractivity (Wildman–Crippen MR) is 72.8 cm³/mol. The third-order valence-corrected chi connectivity index (χ3v) is 4.15. The van der Waals surface area contributed by atoms with Crippen molar-refractivity contribution in [3.63, 3.8) is 0 Å². The maximum atomic E-state index is 13.2. The topological polar surface area (TPSA) is 12.0 Å². The Morgan fingerprint density at radius 1 is 1.29 bits per heavy atom. The second-order valence-electron chi connectivity index (χ2n) is 4.57. The van der Waals surface area contributed by atoms with Gasteiger partial charge in [0, 0.05) is 22.4 Å². The van der Waals surface area contributed by atoms with Crippen molar-refractivity contribution in [3.05, 3.63) is 34.1 Å². The van der Waals surface area contributed by atoms with Gasteiger partial charge in [0.05, 0.1) is 0 Å². The van der Waals surface area contributed by atoms with Crippen LogP contribution in [0.15, 0.2) is 22.7 Å². The van der Waals surface area contributed by atoms with Crippen molar-refractivity contribution in [1.29, 1.82) is 0 Å². The maximum absolute atomic E-state index is 13.2. The Kier molecular flexibility index (Phi) is 4.83. The van der Waals surface area contributed by atoms with Crippen molar-refractivity contribution in [1.82, 2.24) is 5.32 Å². The van der Waals surface area contributed by atoms with E-state index in [0.717, 1.165) is 22.9 Å². The lowest BCUT2D eigenvalue weighted by atomic mass is 9.95. The maximum Gasteiger partial charge on any atom is 0.124 e. The second kappa shape index (κ2) is 6.17. The summed E-state index contributed by atoms with van der Waals surface area (Å²) >= 11 is 9.56. The molecule has 1 fully saturated rings. The Morgan fingerprint density at radius 2 is 2.06 bits per heavy atom. The molecule has 0 bridgehead atoms. The monoisotopic (exact) mass is 319 g/mol. The minimum absolute atomic E-state index is 0.206. The highest BCUT2D eigenvalue weighted by Crippen LogP contribution is 2.23. The number of hydrogen-bond acceptors (Lipinski definition) is 1. The number of hydrogen-bond donors (Lipinski definition) is 1. The van der Waals surface area contributed by atoms with Crippen molar-refractivity contribution >= 4 is 27.5 Å². The summed E-state index contributed by atoms with van der Waals surface area (Å²) in [5.74, 6) is -0.206. The van der Waals surface area contributed by atoms with Gasteiger partial charge in [-0.25, -0.2) is 4.39 Å². The summed E-state index contributed by atoms with van der Waals surface area (Å²) < 4.78 is 14.0. The van der Waals surface area contributed by atoms with Crippen LogP contribution in [0, 0.1) is 5.82 Å². The summed E-state index contributed by atoms with van der Waals surface area (Å²) in [6.07, 6.45) is 4.64. The van der Waals surface area contributed by atoms with Gasteiger partial charge in [0.15, 0.2) is 0 Å². The van der Waals surface area contributed by atoms with E-state index in [2.05, 4.69) is 21.2 Å². The van der Waals surface area contributed by atoms with Gasteiger partial charge in [0.2, 0.25) is 0 Å². The van der Waals surface area contributed by atoms with Gasteiger partial charge in [-0.2, -0.15) is 0 Å². The van der Waals surface area contributed by atoms with Gasteiger partial charge in [0.25, 0.3) is 0 Å². The number of nitrogens with one attached hydrogen (secondary N) is 1. The van der Waals surface area contributed by atoms with Crippen LogP contribution in [0.5, 0.6) is 0 Å². The normalized spacial score (nSPS) is 24.9. The van der Waals surface area contributed by atoms with E-state index in [1.165, 1.54) is 18.9 Å². The first-order valence-corrected chi connectivity index (χ1v) is 7.20. The molecule has 2 unspecified atom stereocenters. The first-order valence-electron chi connectivity index (χ1n) is 5.97. The van der Waals surface area contributed by atoms with Gasteiger partial charge in [0.1, 0.15) is 5.82 Å². The predicted octanol–water partition coefficient (Wildman–Crippen LogP) is 4.23. The van der Waals surface area contributed by atoms with E-state index in [0.29, 0.717) is 12.6 Å². The molecule has 2 rings (SSSR count). The lowest BCUT2D eigenvalue weighted by molar-refractivity contribution is 0.378. The molecule has 0 radical (unpaired) electrons. The van der Waals surface area contributed by atoms with E-state index in [9.17, 15) is 4.39 Å². The molecule has 0 saturated heterocycles. The van der Waals surface area contributed by atoms with Gasteiger partial charge in [-0.05, 0) is 36.6 Å². The van der Waals surface area contributed by atoms with Gasteiger partial charge in [-0.1, -0.05) is 28.8 Å². The quantitative estimate of drug-likeness (QED) is 0.822. The molecule has 0 aliphatic heterocycles. The molecule has 17 heavy (non-hydrogen) atoms.